The number of aryl methyl sites for hydroxylation is 1. The van der Waals surface area contributed by atoms with Gasteiger partial charge in [-0.2, -0.15) is 0 Å². The van der Waals surface area contributed by atoms with Crippen LogP contribution in [0.3, 0.4) is 0 Å². The summed E-state index contributed by atoms with van der Waals surface area (Å²) in [4.78, 5) is 0. The molecular weight excluding hydrogens is 282 g/mol. The predicted octanol–water partition coefficient (Wildman–Crippen LogP) is 3.67. The van der Waals surface area contributed by atoms with E-state index < -0.39 is 17.7 Å². The van der Waals surface area contributed by atoms with Crippen LogP contribution in [0.1, 0.15) is 22.7 Å². The molecule has 0 fully saturated rings. The van der Waals surface area contributed by atoms with E-state index >= 15 is 0 Å². The van der Waals surface area contributed by atoms with Crippen molar-refractivity contribution in [3.05, 3.63) is 69.7 Å². The Morgan fingerprint density at radius 2 is 1.90 bits per heavy atom. The molecule has 0 amide bonds. The van der Waals surface area contributed by atoms with E-state index in [4.69, 9.17) is 17.4 Å². The highest BCUT2D eigenvalue weighted by Crippen LogP contribution is 2.26. The number of hydrogen-bond acceptors (Lipinski definition) is 2. The van der Waals surface area contributed by atoms with Crippen molar-refractivity contribution in [3.63, 3.8) is 0 Å². The summed E-state index contributed by atoms with van der Waals surface area (Å²) in [5.74, 6) is 4.31. The molecule has 20 heavy (non-hydrogen) atoms. The first kappa shape index (κ1) is 14.9. The van der Waals surface area contributed by atoms with E-state index in [-0.39, 0.29) is 0 Å². The number of nitrogens with one attached hydrogen (secondary N) is 1. The third-order valence-electron chi connectivity index (χ3n) is 3.24. The minimum atomic E-state index is -0.622. The minimum absolute atomic E-state index is 0.325. The average molecular weight is 297 g/mol. The molecule has 0 radical (unpaired) electrons. The normalized spacial score (nSPS) is 12.4. The van der Waals surface area contributed by atoms with Crippen LogP contribution in [0.15, 0.2) is 36.4 Å². The fraction of sp³-hybridized carbons (Fsp3) is 0.200. The first-order valence-corrected chi connectivity index (χ1v) is 6.55. The molecule has 1 unspecified atom stereocenters. The minimum Gasteiger partial charge on any atom is -0.271 e. The van der Waals surface area contributed by atoms with Crippen LogP contribution in [0.5, 0.6) is 0 Å². The lowest BCUT2D eigenvalue weighted by atomic mass is 9.97. The molecule has 106 valence electrons. The Hall–Kier alpha value is -1.49. The number of hydrazine groups is 1. The summed E-state index contributed by atoms with van der Waals surface area (Å²) in [5.41, 5.74) is 4.11. The largest absolute Gasteiger partial charge is 0.271 e. The Balaban J connectivity index is 2.34. The summed E-state index contributed by atoms with van der Waals surface area (Å²) in [5, 5.41) is 0.590. The fourth-order valence-corrected chi connectivity index (χ4v) is 2.30. The van der Waals surface area contributed by atoms with Crippen LogP contribution < -0.4 is 11.3 Å². The van der Waals surface area contributed by atoms with Gasteiger partial charge in [0.25, 0.3) is 0 Å². The van der Waals surface area contributed by atoms with E-state index in [2.05, 4.69) is 5.43 Å². The highest BCUT2D eigenvalue weighted by Gasteiger charge is 2.18. The van der Waals surface area contributed by atoms with Gasteiger partial charge in [0, 0.05) is 16.7 Å². The van der Waals surface area contributed by atoms with Crippen molar-refractivity contribution in [1.82, 2.24) is 5.43 Å². The Labute approximate surface area is 121 Å². The molecule has 0 aliphatic heterocycles. The highest BCUT2D eigenvalue weighted by atomic mass is 35.5. The molecule has 0 saturated carbocycles. The summed E-state index contributed by atoms with van der Waals surface area (Å²) in [6, 6.07) is 9.14. The first-order valence-electron chi connectivity index (χ1n) is 6.18. The van der Waals surface area contributed by atoms with Gasteiger partial charge in [-0.15, -0.1) is 0 Å². The van der Waals surface area contributed by atoms with Crippen molar-refractivity contribution in [1.29, 1.82) is 0 Å². The lowest BCUT2D eigenvalue weighted by Crippen LogP contribution is -2.30. The monoisotopic (exact) mass is 296 g/mol. The van der Waals surface area contributed by atoms with Crippen molar-refractivity contribution >= 4 is 11.6 Å². The van der Waals surface area contributed by atoms with Crippen molar-refractivity contribution in [2.75, 3.05) is 0 Å². The van der Waals surface area contributed by atoms with E-state index in [0.717, 1.165) is 11.6 Å². The standard InChI is InChI=1S/C15H15ClF2N2/c1-9-6-11(14(18)8-13(9)17)15(20-19)7-10-4-2-3-5-12(10)16/h2-6,8,15,20H,7,19H2,1H3. The van der Waals surface area contributed by atoms with E-state index in [0.29, 0.717) is 22.6 Å². The van der Waals surface area contributed by atoms with Gasteiger partial charge in [0.15, 0.2) is 0 Å². The molecule has 0 aliphatic carbocycles. The molecule has 2 aromatic carbocycles. The van der Waals surface area contributed by atoms with Crippen LogP contribution in [0, 0.1) is 18.6 Å². The number of rotatable bonds is 4. The molecular formula is C15H15ClF2N2. The SMILES string of the molecule is Cc1cc(C(Cc2ccccc2Cl)NN)c(F)cc1F. The van der Waals surface area contributed by atoms with Gasteiger partial charge in [0.05, 0.1) is 6.04 Å². The van der Waals surface area contributed by atoms with Crippen molar-refractivity contribution in [2.24, 2.45) is 5.84 Å². The lowest BCUT2D eigenvalue weighted by molar-refractivity contribution is 0.500. The van der Waals surface area contributed by atoms with Gasteiger partial charge in [-0.1, -0.05) is 29.8 Å². The summed E-state index contributed by atoms with van der Waals surface area (Å²) in [6.07, 6.45) is 0.415. The second-order valence-electron chi connectivity index (χ2n) is 4.64. The van der Waals surface area contributed by atoms with Crippen molar-refractivity contribution in [3.8, 4) is 0 Å². The Morgan fingerprint density at radius 3 is 2.55 bits per heavy atom. The lowest BCUT2D eigenvalue weighted by Gasteiger charge is -2.18. The van der Waals surface area contributed by atoms with Crippen LogP contribution in [0.25, 0.3) is 0 Å². The molecule has 3 N–H and O–H groups in total. The number of halogens is 3. The zero-order valence-electron chi connectivity index (χ0n) is 11.0. The van der Waals surface area contributed by atoms with E-state index in [9.17, 15) is 8.78 Å². The summed E-state index contributed by atoms with van der Waals surface area (Å²) in [6.45, 7) is 1.58. The molecule has 0 aromatic heterocycles. The molecule has 5 heteroatoms. The molecule has 2 nitrogen and oxygen atoms in total. The smallest absolute Gasteiger partial charge is 0.130 e. The molecule has 2 aromatic rings. The molecule has 0 spiro atoms. The van der Waals surface area contributed by atoms with Crippen LogP contribution in [-0.4, -0.2) is 0 Å². The van der Waals surface area contributed by atoms with Gasteiger partial charge in [-0.3, -0.25) is 11.3 Å². The second-order valence-corrected chi connectivity index (χ2v) is 5.04. The van der Waals surface area contributed by atoms with E-state index in [1.165, 1.54) is 6.07 Å². The maximum Gasteiger partial charge on any atom is 0.130 e. The predicted molar refractivity (Wildman–Crippen MR) is 76.3 cm³/mol. The Morgan fingerprint density at radius 1 is 1.20 bits per heavy atom. The molecule has 0 heterocycles. The van der Waals surface area contributed by atoms with E-state index in [1.54, 1.807) is 13.0 Å². The fourth-order valence-electron chi connectivity index (χ4n) is 2.09. The van der Waals surface area contributed by atoms with E-state index in [1.807, 2.05) is 18.2 Å². The summed E-state index contributed by atoms with van der Waals surface area (Å²) < 4.78 is 27.2. The maximum absolute atomic E-state index is 13.9. The van der Waals surface area contributed by atoms with Gasteiger partial charge < -0.3 is 0 Å². The zero-order valence-corrected chi connectivity index (χ0v) is 11.7. The topological polar surface area (TPSA) is 38.0 Å². The van der Waals surface area contributed by atoms with Gasteiger partial charge >= 0.3 is 0 Å². The number of benzene rings is 2. The maximum atomic E-state index is 13.9. The zero-order chi connectivity index (χ0) is 14.7. The summed E-state index contributed by atoms with van der Waals surface area (Å²) in [7, 11) is 0. The van der Waals surface area contributed by atoms with Crippen LogP contribution in [0.2, 0.25) is 5.02 Å². The molecule has 1 atom stereocenters. The van der Waals surface area contributed by atoms with Crippen molar-refractivity contribution in [2.45, 2.75) is 19.4 Å². The summed E-state index contributed by atoms with van der Waals surface area (Å²) >= 11 is 6.09. The van der Waals surface area contributed by atoms with Crippen molar-refractivity contribution < 1.29 is 8.78 Å². The highest BCUT2D eigenvalue weighted by molar-refractivity contribution is 6.31. The van der Waals surface area contributed by atoms with Gasteiger partial charge in [-0.05, 0) is 36.6 Å². The molecule has 0 aliphatic rings. The van der Waals surface area contributed by atoms with Gasteiger partial charge in [0.1, 0.15) is 11.6 Å². The third-order valence-corrected chi connectivity index (χ3v) is 3.61. The van der Waals surface area contributed by atoms with Gasteiger partial charge in [-0.25, -0.2) is 8.78 Å². The molecule has 0 bridgehead atoms. The molecule has 0 saturated heterocycles. The third kappa shape index (κ3) is 3.15. The number of hydrogen-bond donors (Lipinski definition) is 2. The van der Waals surface area contributed by atoms with Crippen LogP contribution in [-0.2, 0) is 6.42 Å². The number of nitrogens with two attached hydrogens (primary N) is 1. The van der Waals surface area contributed by atoms with Gasteiger partial charge in [0.2, 0.25) is 0 Å². The Bertz CT molecular complexity index is 617. The second kappa shape index (κ2) is 6.31. The first-order chi connectivity index (χ1) is 9.52. The average Bonchev–Trinajstić information content (AvgIpc) is 2.42. The Kier molecular flexibility index (Phi) is 4.70. The van der Waals surface area contributed by atoms with Crippen LogP contribution >= 0.6 is 11.6 Å². The quantitative estimate of drug-likeness (QED) is 0.667. The molecule has 2 rings (SSSR count). The van der Waals surface area contributed by atoms with Crippen LogP contribution in [0.4, 0.5) is 8.78 Å².